The van der Waals surface area contributed by atoms with Crippen molar-refractivity contribution in [2.24, 2.45) is 0 Å². The molecule has 1 fully saturated rings. The topological polar surface area (TPSA) is 46.6 Å². The van der Waals surface area contributed by atoms with Gasteiger partial charge in [0.2, 0.25) is 6.26 Å². The third kappa shape index (κ3) is 1.09. The van der Waals surface area contributed by atoms with Gasteiger partial charge in [-0.25, -0.2) is 4.79 Å². The average Bonchev–Trinajstić information content (AvgIpc) is 1.86. The van der Waals surface area contributed by atoms with Crippen molar-refractivity contribution in [2.45, 2.75) is 6.42 Å². The highest BCUT2D eigenvalue weighted by atomic mass is 16.7. The lowest BCUT2D eigenvalue weighted by Gasteiger charge is -2.26. The van der Waals surface area contributed by atoms with E-state index in [-0.39, 0.29) is 5.91 Å². The second-order valence-corrected chi connectivity index (χ2v) is 1.59. The number of amides is 1. The summed E-state index contributed by atoms with van der Waals surface area (Å²) < 4.78 is 0. The zero-order valence-corrected chi connectivity index (χ0v) is 4.66. The van der Waals surface area contributed by atoms with Crippen LogP contribution >= 0.6 is 0 Å². The smallest absolute Gasteiger partial charge is 0.257 e. The molecule has 9 heavy (non-hydrogen) atoms. The van der Waals surface area contributed by atoms with Crippen molar-refractivity contribution in [3.8, 4) is 0 Å². The number of hydroxylamine groups is 2. The highest BCUT2D eigenvalue weighted by Crippen LogP contribution is 2.07. The normalized spacial score (nSPS) is 16.0. The zero-order chi connectivity index (χ0) is 6.69. The maximum absolute atomic E-state index is 10.4. The molecule has 1 heterocycles. The molecule has 0 unspecified atom stereocenters. The first-order valence-electron chi connectivity index (χ1n) is 2.51. The van der Waals surface area contributed by atoms with E-state index >= 15 is 0 Å². The van der Waals surface area contributed by atoms with Crippen LogP contribution in [0.2, 0.25) is 0 Å². The number of carbonyl (C=O) groups excluding carboxylic acids is 2. The van der Waals surface area contributed by atoms with Crippen LogP contribution in [0.3, 0.4) is 0 Å². The van der Waals surface area contributed by atoms with E-state index in [0.29, 0.717) is 13.0 Å². The molecular weight excluding hydrogens is 122 g/mol. The molecule has 0 aliphatic carbocycles. The van der Waals surface area contributed by atoms with Gasteiger partial charge in [0.1, 0.15) is 0 Å². The number of carbonyl (C=O) groups is 1. The molecule has 1 aliphatic heterocycles. The predicted molar refractivity (Wildman–Crippen MR) is 27.7 cm³/mol. The molecule has 0 radical (unpaired) electrons. The van der Waals surface area contributed by atoms with Gasteiger partial charge in [0, 0.05) is 0 Å². The third-order valence-corrected chi connectivity index (χ3v) is 1.03. The second-order valence-electron chi connectivity index (χ2n) is 1.59. The van der Waals surface area contributed by atoms with E-state index in [9.17, 15) is 9.59 Å². The highest BCUT2D eigenvalue weighted by Gasteiger charge is 2.24. The molecule has 0 aromatic carbocycles. The molecule has 1 amide bonds. The maximum Gasteiger partial charge on any atom is 0.257 e. The quantitative estimate of drug-likeness (QED) is 0.285. The number of rotatable bonds is 2. The van der Waals surface area contributed by atoms with Gasteiger partial charge in [-0.15, -0.1) is 0 Å². The van der Waals surface area contributed by atoms with E-state index in [4.69, 9.17) is 0 Å². The maximum atomic E-state index is 10.4. The van der Waals surface area contributed by atoms with Crippen LogP contribution < -0.4 is 0 Å². The molecule has 0 N–H and O–H groups in total. The highest BCUT2D eigenvalue weighted by molar-refractivity contribution is 5.80. The molecule has 0 atom stereocenters. The Bertz CT molecular complexity index is 171. The van der Waals surface area contributed by atoms with E-state index in [0.717, 1.165) is 11.3 Å². The van der Waals surface area contributed by atoms with Crippen molar-refractivity contribution in [3.63, 3.8) is 0 Å². The molecular formula is C5H5NO3. The largest absolute Gasteiger partial charge is 0.373 e. The summed E-state index contributed by atoms with van der Waals surface area (Å²) in [5.74, 6) is 1.30. The number of β-lactam (4-membered cyclic amide) rings is 1. The molecule has 0 spiro atoms. The lowest BCUT2D eigenvalue weighted by Crippen LogP contribution is -2.41. The SMILES string of the molecule is O=C=CON1CCC1=O. The lowest BCUT2D eigenvalue weighted by molar-refractivity contribution is -0.186. The Labute approximate surface area is 51.7 Å². The van der Waals surface area contributed by atoms with Crippen LogP contribution in [-0.2, 0) is 14.4 Å². The van der Waals surface area contributed by atoms with Gasteiger partial charge >= 0.3 is 0 Å². The summed E-state index contributed by atoms with van der Waals surface area (Å²) in [5, 5.41) is 1.10. The van der Waals surface area contributed by atoms with Crippen molar-refractivity contribution in [1.29, 1.82) is 0 Å². The van der Waals surface area contributed by atoms with Crippen LogP contribution in [-0.4, -0.2) is 23.5 Å². The molecule has 48 valence electrons. The molecule has 0 saturated carbocycles. The van der Waals surface area contributed by atoms with Crippen molar-refractivity contribution >= 4 is 11.8 Å². The van der Waals surface area contributed by atoms with Crippen LogP contribution in [0, 0.1) is 0 Å². The summed E-state index contributed by atoms with van der Waals surface area (Å²) in [7, 11) is 0. The molecule has 0 aromatic rings. The molecule has 4 nitrogen and oxygen atoms in total. The minimum atomic E-state index is -0.0958. The van der Waals surface area contributed by atoms with E-state index in [2.05, 4.69) is 4.84 Å². The van der Waals surface area contributed by atoms with E-state index in [1.165, 1.54) is 5.94 Å². The minimum Gasteiger partial charge on any atom is -0.373 e. The van der Waals surface area contributed by atoms with E-state index in [1.54, 1.807) is 0 Å². The Balaban J connectivity index is 2.28. The first-order valence-corrected chi connectivity index (χ1v) is 2.51. The molecule has 4 heteroatoms. The van der Waals surface area contributed by atoms with Crippen LogP contribution in [0.25, 0.3) is 0 Å². The predicted octanol–water partition coefficient (Wildman–Crippen LogP) is -0.504. The first-order chi connectivity index (χ1) is 4.34. The summed E-state index contributed by atoms with van der Waals surface area (Å²) in [6.45, 7) is 0.566. The fourth-order valence-electron chi connectivity index (χ4n) is 0.491. The van der Waals surface area contributed by atoms with Gasteiger partial charge < -0.3 is 4.84 Å². The number of hydrogen-bond donors (Lipinski definition) is 0. The summed E-state index contributed by atoms with van der Waals surface area (Å²) >= 11 is 0. The first kappa shape index (κ1) is 5.85. The van der Waals surface area contributed by atoms with Crippen molar-refractivity contribution in [2.75, 3.05) is 6.54 Å². The van der Waals surface area contributed by atoms with Crippen molar-refractivity contribution in [1.82, 2.24) is 5.06 Å². The molecule has 1 saturated heterocycles. The fraction of sp³-hybridized carbons (Fsp3) is 0.400. The van der Waals surface area contributed by atoms with E-state index < -0.39 is 0 Å². The zero-order valence-electron chi connectivity index (χ0n) is 4.66. The standard InChI is InChI=1S/C5H5NO3/c7-3-4-9-6-2-1-5(6)8/h4H,1-2H2. The third-order valence-electron chi connectivity index (χ3n) is 1.03. The number of hydrogen-bond acceptors (Lipinski definition) is 3. The Kier molecular flexibility index (Phi) is 1.51. The Morgan fingerprint density at radius 3 is 2.89 bits per heavy atom. The molecule has 0 bridgehead atoms. The van der Waals surface area contributed by atoms with Crippen LogP contribution in [0.5, 0.6) is 0 Å². The van der Waals surface area contributed by atoms with Gasteiger partial charge in [0.15, 0.2) is 5.94 Å². The molecule has 1 aliphatic rings. The fourth-order valence-corrected chi connectivity index (χ4v) is 0.491. The summed E-state index contributed by atoms with van der Waals surface area (Å²) in [4.78, 5) is 24.4. The summed E-state index contributed by atoms with van der Waals surface area (Å²) in [6, 6.07) is 0. The van der Waals surface area contributed by atoms with Gasteiger partial charge in [0.05, 0.1) is 13.0 Å². The summed E-state index contributed by atoms with van der Waals surface area (Å²) in [6.07, 6.45) is 1.32. The summed E-state index contributed by atoms with van der Waals surface area (Å²) in [5.41, 5.74) is 0. The van der Waals surface area contributed by atoms with E-state index in [1.807, 2.05) is 0 Å². The molecule has 1 rings (SSSR count). The van der Waals surface area contributed by atoms with Crippen LogP contribution in [0.15, 0.2) is 6.26 Å². The minimum absolute atomic E-state index is 0.0958. The lowest BCUT2D eigenvalue weighted by atomic mass is 10.3. The average molecular weight is 127 g/mol. The van der Waals surface area contributed by atoms with Crippen molar-refractivity contribution < 1.29 is 14.4 Å². The van der Waals surface area contributed by atoms with Crippen LogP contribution in [0.1, 0.15) is 6.42 Å². The monoisotopic (exact) mass is 127 g/mol. The second kappa shape index (κ2) is 2.33. The Morgan fingerprint density at radius 2 is 2.56 bits per heavy atom. The van der Waals surface area contributed by atoms with Gasteiger partial charge in [-0.3, -0.25) is 4.79 Å². The Hall–Kier alpha value is -1.28. The van der Waals surface area contributed by atoms with Gasteiger partial charge in [-0.2, -0.15) is 5.06 Å². The Morgan fingerprint density at radius 1 is 1.78 bits per heavy atom. The van der Waals surface area contributed by atoms with Crippen LogP contribution in [0.4, 0.5) is 0 Å². The van der Waals surface area contributed by atoms with Gasteiger partial charge in [0.25, 0.3) is 5.91 Å². The van der Waals surface area contributed by atoms with Gasteiger partial charge in [-0.1, -0.05) is 0 Å². The van der Waals surface area contributed by atoms with Gasteiger partial charge in [-0.05, 0) is 0 Å². The van der Waals surface area contributed by atoms with Crippen molar-refractivity contribution in [3.05, 3.63) is 6.26 Å². The molecule has 0 aromatic heterocycles. The number of nitrogens with zero attached hydrogens (tertiary/aromatic N) is 1.